The zero-order chi connectivity index (χ0) is 14.2. The fourth-order valence-electron chi connectivity index (χ4n) is 2.25. The van der Waals surface area contributed by atoms with E-state index in [2.05, 4.69) is 15.9 Å². The van der Waals surface area contributed by atoms with Crippen molar-refractivity contribution in [3.05, 3.63) is 33.4 Å². The van der Waals surface area contributed by atoms with E-state index >= 15 is 0 Å². The highest BCUT2D eigenvalue weighted by molar-refractivity contribution is 9.09. The lowest BCUT2D eigenvalue weighted by Crippen LogP contribution is -2.51. The van der Waals surface area contributed by atoms with Crippen LogP contribution in [0, 0.1) is 24.0 Å². The maximum Gasteiger partial charge on any atom is 0.276 e. The van der Waals surface area contributed by atoms with Gasteiger partial charge in [-0.2, -0.15) is 0 Å². The second-order valence-electron chi connectivity index (χ2n) is 4.77. The van der Waals surface area contributed by atoms with Gasteiger partial charge in [0, 0.05) is 23.9 Å². The average molecular weight is 330 g/mol. The van der Waals surface area contributed by atoms with Gasteiger partial charge in [0.1, 0.15) is 18.0 Å². The molecule has 3 unspecified atom stereocenters. The van der Waals surface area contributed by atoms with E-state index in [0.717, 1.165) is 12.0 Å². The Bertz CT molecular complexity index is 506. The van der Waals surface area contributed by atoms with E-state index in [1.807, 2.05) is 6.92 Å². The van der Waals surface area contributed by atoms with E-state index in [-0.39, 0.29) is 27.6 Å². The topological polar surface area (TPSA) is 61.6 Å². The largest absolute Gasteiger partial charge is 0.487 e. The number of ether oxygens (including phenoxy) is 2. The van der Waals surface area contributed by atoms with E-state index in [1.54, 1.807) is 20.1 Å². The quantitative estimate of drug-likeness (QED) is 0.483. The number of hydrogen-bond donors (Lipinski definition) is 0. The molecule has 0 aromatic heterocycles. The molecule has 0 radical (unpaired) electrons. The molecule has 0 amide bonds. The van der Waals surface area contributed by atoms with Crippen LogP contribution in [0.15, 0.2) is 12.1 Å². The summed E-state index contributed by atoms with van der Waals surface area (Å²) in [5, 5.41) is 10.9. The van der Waals surface area contributed by atoms with Crippen LogP contribution >= 0.6 is 15.9 Å². The van der Waals surface area contributed by atoms with Crippen molar-refractivity contribution in [3.8, 4) is 5.75 Å². The van der Waals surface area contributed by atoms with Crippen LogP contribution in [0.2, 0.25) is 0 Å². The van der Waals surface area contributed by atoms with Crippen LogP contribution in [0.5, 0.6) is 5.75 Å². The molecule has 1 fully saturated rings. The maximum absolute atomic E-state index is 10.9. The molecule has 1 aromatic rings. The molecular formula is C13H16BrNO4. The normalized spacial score (nSPS) is 25.8. The molecular weight excluding hydrogens is 314 g/mol. The Morgan fingerprint density at radius 3 is 2.58 bits per heavy atom. The van der Waals surface area contributed by atoms with Crippen molar-refractivity contribution in [1.82, 2.24) is 0 Å². The third-order valence-electron chi connectivity index (χ3n) is 3.42. The molecule has 0 bridgehead atoms. The van der Waals surface area contributed by atoms with Gasteiger partial charge in [0.15, 0.2) is 0 Å². The van der Waals surface area contributed by atoms with E-state index < -0.39 is 0 Å². The zero-order valence-electron chi connectivity index (χ0n) is 11.1. The summed E-state index contributed by atoms with van der Waals surface area (Å²) in [5.41, 5.74) is 1.63. The van der Waals surface area contributed by atoms with Crippen molar-refractivity contribution < 1.29 is 14.4 Å². The summed E-state index contributed by atoms with van der Waals surface area (Å²) in [6.07, 6.45) is 0.759. The van der Waals surface area contributed by atoms with Crippen molar-refractivity contribution in [3.63, 3.8) is 0 Å². The molecule has 0 N–H and O–H groups in total. The van der Waals surface area contributed by atoms with Crippen molar-refractivity contribution in [2.45, 2.75) is 37.3 Å². The van der Waals surface area contributed by atoms with Crippen LogP contribution in [-0.4, -0.2) is 29.1 Å². The summed E-state index contributed by atoms with van der Waals surface area (Å²) >= 11 is 3.50. The lowest BCUT2D eigenvalue weighted by molar-refractivity contribution is -0.385. The first-order chi connectivity index (χ1) is 8.93. The lowest BCUT2D eigenvalue weighted by Gasteiger charge is -2.40. The molecule has 0 spiro atoms. The third-order valence-corrected chi connectivity index (χ3v) is 4.32. The number of alkyl halides is 1. The average Bonchev–Trinajstić information content (AvgIpc) is 2.31. The first-order valence-corrected chi connectivity index (χ1v) is 6.94. The van der Waals surface area contributed by atoms with Crippen LogP contribution < -0.4 is 4.74 Å². The summed E-state index contributed by atoms with van der Waals surface area (Å²) in [4.78, 5) is 10.8. The first kappa shape index (κ1) is 14.3. The molecule has 1 aromatic carbocycles. The van der Waals surface area contributed by atoms with Gasteiger partial charge in [0.05, 0.1) is 11.0 Å². The highest BCUT2D eigenvalue weighted by Gasteiger charge is 2.42. The minimum absolute atomic E-state index is 0.0141. The fraction of sp³-hybridized carbons (Fsp3) is 0.538. The minimum atomic E-state index is -0.385. The maximum atomic E-state index is 10.9. The molecule has 2 rings (SSSR count). The summed E-state index contributed by atoms with van der Waals surface area (Å²) in [7, 11) is 1.64. The SMILES string of the molecule is COC1C(Br)CC1Oc1cc([N+](=O)[O-])c(C)cc1C. The van der Waals surface area contributed by atoms with Gasteiger partial charge < -0.3 is 9.47 Å². The van der Waals surface area contributed by atoms with Gasteiger partial charge in [0.2, 0.25) is 0 Å². The predicted molar refractivity (Wildman–Crippen MR) is 75.1 cm³/mol. The van der Waals surface area contributed by atoms with Crippen molar-refractivity contribution in [1.29, 1.82) is 0 Å². The fourth-order valence-corrected chi connectivity index (χ4v) is 3.17. The standard InChI is InChI=1S/C13H16BrNO4/c1-7-4-8(2)11(6-10(7)15(16)17)19-12-5-9(14)13(12)18-3/h4,6,9,12-13H,5H2,1-3H3. The van der Waals surface area contributed by atoms with Gasteiger partial charge >= 0.3 is 0 Å². The van der Waals surface area contributed by atoms with Crippen molar-refractivity contribution >= 4 is 21.6 Å². The number of nitro benzene ring substituents is 1. The second kappa shape index (κ2) is 5.46. The molecule has 3 atom stereocenters. The van der Waals surface area contributed by atoms with Gasteiger partial charge in [-0.05, 0) is 25.5 Å². The second-order valence-corrected chi connectivity index (χ2v) is 5.95. The van der Waals surface area contributed by atoms with Gasteiger partial charge in [-0.3, -0.25) is 10.1 Å². The van der Waals surface area contributed by atoms with E-state index in [4.69, 9.17) is 9.47 Å². The number of nitrogens with zero attached hydrogens (tertiary/aromatic N) is 1. The molecule has 1 aliphatic rings. The van der Waals surface area contributed by atoms with Gasteiger partial charge in [0.25, 0.3) is 5.69 Å². The molecule has 0 heterocycles. The monoisotopic (exact) mass is 329 g/mol. The van der Waals surface area contributed by atoms with Crippen molar-refractivity contribution in [2.24, 2.45) is 0 Å². The van der Waals surface area contributed by atoms with E-state index in [1.165, 1.54) is 6.07 Å². The minimum Gasteiger partial charge on any atom is -0.487 e. The molecule has 0 saturated heterocycles. The van der Waals surface area contributed by atoms with E-state index in [9.17, 15) is 10.1 Å². The van der Waals surface area contributed by atoms with Crippen LogP contribution in [0.3, 0.4) is 0 Å². The predicted octanol–water partition coefficient (Wildman–Crippen LogP) is 3.14. The zero-order valence-corrected chi connectivity index (χ0v) is 12.6. The molecule has 1 saturated carbocycles. The van der Waals surface area contributed by atoms with Gasteiger partial charge in [-0.1, -0.05) is 15.9 Å². The first-order valence-electron chi connectivity index (χ1n) is 6.03. The van der Waals surface area contributed by atoms with Crippen LogP contribution in [0.25, 0.3) is 0 Å². The summed E-state index contributed by atoms with van der Waals surface area (Å²) in [6.45, 7) is 3.61. The molecule has 5 nitrogen and oxygen atoms in total. The summed E-state index contributed by atoms with van der Waals surface area (Å²) in [6, 6.07) is 3.28. The van der Waals surface area contributed by atoms with Gasteiger partial charge in [-0.25, -0.2) is 0 Å². The van der Waals surface area contributed by atoms with Crippen LogP contribution in [-0.2, 0) is 4.74 Å². The number of hydrogen-bond acceptors (Lipinski definition) is 4. The Labute approximate surface area is 120 Å². The highest BCUT2D eigenvalue weighted by atomic mass is 79.9. The highest BCUT2D eigenvalue weighted by Crippen LogP contribution is 2.36. The lowest BCUT2D eigenvalue weighted by atomic mass is 9.91. The Kier molecular flexibility index (Phi) is 4.10. The number of aryl methyl sites for hydroxylation is 2. The van der Waals surface area contributed by atoms with Crippen LogP contribution in [0.1, 0.15) is 17.5 Å². The number of nitro groups is 1. The summed E-state index contributed by atoms with van der Waals surface area (Å²) < 4.78 is 11.2. The molecule has 1 aliphatic carbocycles. The van der Waals surface area contributed by atoms with Gasteiger partial charge in [-0.15, -0.1) is 0 Å². The Morgan fingerprint density at radius 1 is 1.37 bits per heavy atom. The third kappa shape index (κ3) is 2.74. The van der Waals surface area contributed by atoms with Crippen LogP contribution in [0.4, 0.5) is 5.69 Å². The Morgan fingerprint density at radius 2 is 2.05 bits per heavy atom. The van der Waals surface area contributed by atoms with E-state index in [0.29, 0.717) is 11.3 Å². The molecule has 0 aliphatic heterocycles. The number of rotatable bonds is 4. The molecule has 6 heteroatoms. The summed E-state index contributed by atoms with van der Waals surface area (Å²) in [5.74, 6) is 0.559. The number of halogens is 1. The Balaban J connectivity index is 2.21. The smallest absolute Gasteiger partial charge is 0.276 e. The number of benzene rings is 1. The Hall–Kier alpha value is -1.14. The molecule has 104 valence electrons. The number of methoxy groups -OCH3 is 1. The van der Waals surface area contributed by atoms with Crippen molar-refractivity contribution in [2.75, 3.05) is 7.11 Å². The molecule has 19 heavy (non-hydrogen) atoms.